The molecular formula is C10H18N4O3. The van der Waals surface area contributed by atoms with E-state index in [1.54, 1.807) is 0 Å². The number of carbonyl (C=O) groups excluding carboxylic acids is 3. The second-order valence-corrected chi connectivity index (χ2v) is 3.75. The van der Waals surface area contributed by atoms with E-state index in [0.29, 0.717) is 19.6 Å². The lowest BCUT2D eigenvalue weighted by atomic mass is 10.3. The van der Waals surface area contributed by atoms with Crippen LogP contribution in [0.3, 0.4) is 0 Å². The Morgan fingerprint density at radius 2 is 2.00 bits per heavy atom. The van der Waals surface area contributed by atoms with E-state index in [9.17, 15) is 14.4 Å². The molecule has 17 heavy (non-hydrogen) atoms. The number of rotatable bonds is 2. The predicted molar refractivity (Wildman–Crippen MR) is 61.1 cm³/mol. The van der Waals surface area contributed by atoms with Gasteiger partial charge in [-0.3, -0.25) is 14.4 Å². The summed E-state index contributed by atoms with van der Waals surface area (Å²) in [6, 6.07) is 0. The predicted octanol–water partition coefficient (Wildman–Crippen LogP) is -2.33. The summed E-state index contributed by atoms with van der Waals surface area (Å²) in [7, 11) is 1.47. The highest BCUT2D eigenvalue weighted by atomic mass is 16.2. The van der Waals surface area contributed by atoms with Gasteiger partial charge in [-0.15, -0.1) is 0 Å². The van der Waals surface area contributed by atoms with E-state index in [2.05, 4.69) is 16.0 Å². The third-order valence-corrected chi connectivity index (χ3v) is 2.51. The van der Waals surface area contributed by atoms with Crippen LogP contribution in [0.5, 0.6) is 0 Å². The summed E-state index contributed by atoms with van der Waals surface area (Å²) in [6.07, 6.45) is 0.828. The van der Waals surface area contributed by atoms with Gasteiger partial charge < -0.3 is 20.9 Å². The van der Waals surface area contributed by atoms with E-state index in [4.69, 9.17) is 0 Å². The van der Waals surface area contributed by atoms with Crippen LogP contribution in [0.2, 0.25) is 0 Å². The Morgan fingerprint density at radius 1 is 1.24 bits per heavy atom. The third kappa shape index (κ3) is 4.39. The van der Waals surface area contributed by atoms with E-state index in [1.807, 2.05) is 0 Å². The van der Waals surface area contributed by atoms with Crippen molar-refractivity contribution in [3.05, 3.63) is 0 Å². The van der Waals surface area contributed by atoms with Gasteiger partial charge in [-0.1, -0.05) is 0 Å². The summed E-state index contributed by atoms with van der Waals surface area (Å²) in [4.78, 5) is 35.6. The van der Waals surface area contributed by atoms with Crippen LogP contribution >= 0.6 is 0 Å². The van der Waals surface area contributed by atoms with Gasteiger partial charge in [0.15, 0.2) is 0 Å². The summed E-state index contributed by atoms with van der Waals surface area (Å²) in [5.74, 6) is -1.63. The standard InChI is InChI=1S/C10H18N4O3/c1-11-8(15)7-13-9(16)10(17)14-5-2-3-12-4-6-14/h12H,2-7H2,1H3,(H,11,15)(H,13,16). The maximum atomic E-state index is 11.7. The Labute approximate surface area is 99.9 Å². The molecule has 1 fully saturated rings. The van der Waals surface area contributed by atoms with Crippen LogP contribution in [0.15, 0.2) is 0 Å². The van der Waals surface area contributed by atoms with Gasteiger partial charge in [0.05, 0.1) is 6.54 Å². The van der Waals surface area contributed by atoms with Gasteiger partial charge in [0.25, 0.3) is 0 Å². The van der Waals surface area contributed by atoms with E-state index < -0.39 is 11.8 Å². The Bertz CT molecular complexity index is 298. The number of nitrogens with one attached hydrogen (secondary N) is 3. The number of nitrogens with zero attached hydrogens (tertiary/aromatic N) is 1. The van der Waals surface area contributed by atoms with E-state index in [-0.39, 0.29) is 12.5 Å². The molecule has 0 radical (unpaired) electrons. The Hall–Kier alpha value is -1.63. The molecule has 7 heteroatoms. The smallest absolute Gasteiger partial charge is 0.311 e. The first kappa shape index (κ1) is 13.4. The zero-order valence-corrected chi connectivity index (χ0v) is 9.91. The molecule has 0 unspecified atom stereocenters. The molecule has 0 saturated carbocycles. The van der Waals surface area contributed by atoms with Crippen molar-refractivity contribution in [1.29, 1.82) is 0 Å². The van der Waals surface area contributed by atoms with Crippen LogP contribution in [0.25, 0.3) is 0 Å². The Balaban J connectivity index is 2.39. The van der Waals surface area contributed by atoms with Gasteiger partial charge in [-0.25, -0.2) is 0 Å². The van der Waals surface area contributed by atoms with E-state index >= 15 is 0 Å². The Kier molecular flexibility index (Phi) is 5.41. The summed E-state index contributed by atoms with van der Waals surface area (Å²) in [5, 5.41) is 7.79. The number of hydrogen-bond donors (Lipinski definition) is 3. The van der Waals surface area contributed by atoms with Crippen LogP contribution in [0, 0.1) is 0 Å². The van der Waals surface area contributed by atoms with Gasteiger partial charge in [-0.05, 0) is 13.0 Å². The van der Waals surface area contributed by atoms with Crippen molar-refractivity contribution < 1.29 is 14.4 Å². The SMILES string of the molecule is CNC(=O)CNC(=O)C(=O)N1CCCNCC1. The average Bonchev–Trinajstić information content (AvgIpc) is 2.63. The average molecular weight is 242 g/mol. The first-order valence-electron chi connectivity index (χ1n) is 5.63. The zero-order chi connectivity index (χ0) is 12.7. The number of carbonyl (C=O) groups is 3. The molecule has 1 aliphatic heterocycles. The lowest BCUT2D eigenvalue weighted by Gasteiger charge is -2.18. The van der Waals surface area contributed by atoms with Crippen molar-refractivity contribution in [3.8, 4) is 0 Å². The first-order valence-corrected chi connectivity index (χ1v) is 5.63. The maximum Gasteiger partial charge on any atom is 0.311 e. The number of hydrogen-bond acceptors (Lipinski definition) is 4. The van der Waals surface area contributed by atoms with Crippen LogP contribution in [0.1, 0.15) is 6.42 Å². The molecule has 96 valence electrons. The quantitative estimate of drug-likeness (QED) is 0.474. The number of amides is 3. The zero-order valence-electron chi connectivity index (χ0n) is 9.91. The molecule has 1 rings (SSSR count). The summed E-state index contributed by atoms with van der Waals surface area (Å²) < 4.78 is 0. The molecule has 3 N–H and O–H groups in total. The lowest BCUT2D eigenvalue weighted by molar-refractivity contribution is -0.146. The van der Waals surface area contributed by atoms with Crippen molar-refractivity contribution in [1.82, 2.24) is 20.9 Å². The minimum Gasteiger partial charge on any atom is -0.358 e. The monoisotopic (exact) mass is 242 g/mol. The molecule has 1 aliphatic rings. The fourth-order valence-corrected chi connectivity index (χ4v) is 1.52. The third-order valence-electron chi connectivity index (χ3n) is 2.51. The second kappa shape index (κ2) is 6.85. The highest BCUT2D eigenvalue weighted by Crippen LogP contribution is 1.96. The van der Waals surface area contributed by atoms with Crippen molar-refractivity contribution in [3.63, 3.8) is 0 Å². The van der Waals surface area contributed by atoms with Crippen molar-refractivity contribution >= 4 is 17.7 Å². The molecule has 1 saturated heterocycles. The topological polar surface area (TPSA) is 90.5 Å². The highest BCUT2D eigenvalue weighted by molar-refractivity contribution is 6.35. The van der Waals surface area contributed by atoms with E-state index in [0.717, 1.165) is 13.0 Å². The van der Waals surface area contributed by atoms with Gasteiger partial charge in [0.2, 0.25) is 5.91 Å². The van der Waals surface area contributed by atoms with Gasteiger partial charge in [0, 0.05) is 26.7 Å². The maximum absolute atomic E-state index is 11.7. The van der Waals surface area contributed by atoms with Crippen LogP contribution < -0.4 is 16.0 Å². The summed E-state index contributed by atoms with van der Waals surface area (Å²) in [5.41, 5.74) is 0. The Morgan fingerprint density at radius 3 is 2.71 bits per heavy atom. The molecule has 0 aliphatic carbocycles. The van der Waals surface area contributed by atoms with Crippen molar-refractivity contribution in [2.45, 2.75) is 6.42 Å². The lowest BCUT2D eigenvalue weighted by Crippen LogP contribution is -2.46. The van der Waals surface area contributed by atoms with Gasteiger partial charge in [0.1, 0.15) is 0 Å². The summed E-state index contributed by atoms with van der Waals surface area (Å²) >= 11 is 0. The fourth-order valence-electron chi connectivity index (χ4n) is 1.52. The molecule has 0 bridgehead atoms. The van der Waals surface area contributed by atoms with Crippen LogP contribution in [-0.4, -0.2) is 62.4 Å². The molecule has 1 heterocycles. The molecule has 0 spiro atoms. The molecule has 0 aromatic heterocycles. The fraction of sp³-hybridized carbons (Fsp3) is 0.700. The molecule has 0 aromatic rings. The summed E-state index contributed by atoms with van der Waals surface area (Å²) in [6.45, 7) is 2.46. The molecule has 3 amide bonds. The highest BCUT2D eigenvalue weighted by Gasteiger charge is 2.22. The number of likely N-dealkylation sites (N-methyl/N-ethyl adjacent to an activating group) is 1. The van der Waals surface area contributed by atoms with Crippen molar-refractivity contribution in [2.24, 2.45) is 0 Å². The largest absolute Gasteiger partial charge is 0.358 e. The minimum absolute atomic E-state index is 0.173. The molecule has 7 nitrogen and oxygen atoms in total. The second-order valence-electron chi connectivity index (χ2n) is 3.75. The minimum atomic E-state index is -0.726. The van der Waals surface area contributed by atoms with Gasteiger partial charge >= 0.3 is 11.8 Å². The van der Waals surface area contributed by atoms with Crippen LogP contribution in [0.4, 0.5) is 0 Å². The van der Waals surface area contributed by atoms with Gasteiger partial charge in [-0.2, -0.15) is 0 Å². The first-order chi connectivity index (χ1) is 8.15. The molecule has 0 atom stereocenters. The molecular weight excluding hydrogens is 224 g/mol. The normalized spacial score (nSPS) is 15.9. The van der Waals surface area contributed by atoms with Crippen LogP contribution in [-0.2, 0) is 14.4 Å². The molecule has 0 aromatic carbocycles. The van der Waals surface area contributed by atoms with Crippen molar-refractivity contribution in [2.75, 3.05) is 39.8 Å². The van der Waals surface area contributed by atoms with E-state index in [1.165, 1.54) is 11.9 Å².